The lowest BCUT2D eigenvalue weighted by Crippen LogP contribution is -2.28. The molecule has 17 heavy (non-hydrogen) atoms. The van der Waals surface area contributed by atoms with Crippen LogP contribution in [0.1, 0.15) is 17.3 Å². The number of benzene rings is 1. The van der Waals surface area contributed by atoms with E-state index in [9.17, 15) is 9.00 Å². The number of halogens is 1. The van der Waals surface area contributed by atoms with Gasteiger partial charge in [0.15, 0.2) is 0 Å². The monoisotopic (exact) mass is 274 g/mol. The summed E-state index contributed by atoms with van der Waals surface area (Å²) in [6.45, 7) is 2.21. The lowest BCUT2D eigenvalue weighted by molar-refractivity contribution is 0.0956. The van der Waals surface area contributed by atoms with E-state index >= 15 is 0 Å². The van der Waals surface area contributed by atoms with Gasteiger partial charge in [0.1, 0.15) is 0 Å². The van der Waals surface area contributed by atoms with E-state index in [0.29, 0.717) is 29.3 Å². The highest BCUT2D eigenvalue weighted by Crippen LogP contribution is 2.22. The molecule has 0 aromatic heterocycles. The predicted octanol–water partition coefficient (Wildman–Crippen LogP) is 1.42. The number of rotatable bonds is 5. The van der Waals surface area contributed by atoms with Crippen LogP contribution in [-0.4, -0.2) is 28.2 Å². The fourth-order valence-corrected chi connectivity index (χ4v) is 2.07. The van der Waals surface area contributed by atoms with E-state index in [1.165, 1.54) is 0 Å². The molecule has 0 fully saturated rings. The fourth-order valence-electron chi connectivity index (χ4n) is 1.24. The summed E-state index contributed by atoms with van der Waals surface area (Å²) in [4.78, 5) is 11.7. The normalized spacial score (nSPS) is 12.1. The maximum Gasteiger partial charge on any atom is 0.252 e. The molecule has 3 N–H and O–H groups in total. The summed E-state index contributed by atoms with van der Waals surface area (Å²) < 4.78 is 11.2. The molecule has 0 saturated carbocycles. The van der Waals surface area contributed by atoms with Crippen LogP contribution in [0.25, 0.3) is 0 Å². The van der Waals surface area contributed by atoms with Gasteiger partial charge in [-0.05, 0) is 12.1 Å². The average Bonchev–Trinajstić information content (AvgIpc) is 2.32. The van der Waals surface area contributed by atoms with Crippen molar-refractivity contribution in [1.82, 2.24) is 5.32 Å². The van der Waals surface area contributed by atoms with Gasteiger partial charge in [-0.2, -0.15) is 0 Å². The molecule has 0 heterocycles. The number of hydrogen-bond acceptors (Lipinski definition) is 3. The van der Waals surface area contributed by atoms with Crippen LogP contribution in [0.2, 0.25) is 5.02 Å². The number of nitrogen functional groups attached to an aromatic ring is 1. The smallest absolute Gasteiger partial charge is 0.252 e. The first kappa shape index (κ1) is 14.0. The number of hydrogen-bond donors (Lipinski definition) is 2. The summed E-state index contributed by atoms with van der Waals surface area (Å²) in [6, 6.07) is 4.90. The third kappa shape index (κ3) is 4.02. The van der Waals surface area contributed by atoms with Gasteiger partial charge in [0.05, 0.1) is 16.3 Å². The molecule has 1 amide bonds. The van der Waals surface area contributed by atoms with Crippen molar-refractivity contribution < 1.29 is 9.00 Å². The Morgan fingerprint density at radius 2 is 2.24 bits per heavy atom. The minimum Gasteiger partial charge on any atom is -0.398 e. The molecule has 0 saturated heterocycles. The van der Waals surface area contributed by atoms with E-state index in [4.69, 9.17) is 17.3 Å². The summed E-state index contributed by atoms with van der Waals surface area (Å²) in [7, 11) is -0.882. The number of nitrogens with two attached hydrogens (primary N) is 1. The van der Waals surface area contributed by atoms with Gasteiger partial charge in [-0.15, -0.1) is 0 Å². The fraction of sp³-hybridized carbons (Fsp3) is 0.364. The molecular weight excluding hydrogens is 260 g/mol. The molecule has 6 heteroatoms. The molecule has 94 valence electrons. The van der Waals surface area contributed by atoms with Crippen LogP contribution in [0.5, 0.6) is 0 Å². The van der Waals surface area contributed by atoms with Gasteiger partial charge in [-0.25, -0.2) is 0 Å². The van der Waals surface area contributed by atoms with Gasteiger partial charge >= 0.3 is 0 Å². The predicted molar refractivity (Wildman–Crippen MR) is 71.7 cm³/mol. The van der Waals surface area contributed by atoms with Crippen LogP contribution >= 0.6 is 11.6 Å². The van der Waals surface area contributed by atoms with Gasteiger partial charge < -0.3 is 11.1 Å². The van der Waals surface area contributed by atoms with Crippen molar-refractivity contribution in [2.45, 2.75) is 6.92 Å². The molecular formula is C11H15ClN2O2S. The zero-order valence-electron chi connectivity index (χ0n) is 9.53. The summed E-state index contributed by atoms with van der Waals surface area (Å²) in [5.41, 5.74) is 6.31. The highest BCUT2D eigenvalue weighted by Gasteiger charge is 2.11. The lowest BCUT2D eigenvalue weighted by Gasteiger charge is -2.07. The van der Waals surface area contributed by atoms with E-state index in [0.717, 1.165) is 0 Å². The zero-order chi connectivity index (χ0) is 12.8. The van der Waals surface area contributed by atoms with Crippen LogP contribution in [0, 0.1) is 0 Å². The summed E-state index contributed by atoms with van der Waals surface area (Å²) >= 11 is 5.91. The second-order valence-corrected chi connectivity index (χ2v) is 5.64. The molecule has 0 spiro atoms. The van der Waals surface area contributed by atoms with E-state index in [2.05, 4.69) is 5.32 Å². The van der Waals surface area contributed by atoms with Crippen molar-refractivity contribution in [3.05, 3.63) is 28.8 Å². The molecule has 1 unspecified atom stereocenters. The third-order valence-corrected chi connectivity index (χ3v) is 3.94. The van der Waals surface area contributed by atoms with Crippen molar-refractivity contribution in [3.8, 4) is 0 Å². The highest BCUT2D eigenvalue weighted by atomic mass is 35.5. The Bertz CT molecular complexity index is 437. The summed E-state index contributed by atoms with van der Waals surface area (Å²) in [5, 5.41) is 2.91. The Balaban J connectivity index is 2.59. The standard InChI is InChI=1S/C11H15ClN2O2S/c1-2-17(16)7-6-14-11(15)8-4-3-5-9(13)10(8)12/h3-5H,2,6-7,13H2,1H3,(H,14,15). The maximum atomic E-state index is 11.7. The van der Waals surface area contributed by atoms with Gasteiger partial charge in [-0.3, -0.25) is 9.00 Å². The summed E-state index contributed by atoms with van der Waals surface area (Å²) in [5.74, 6) is 0.743. The number of nitrogens with one attached hydrogen (secondary N) is 1. The van der Waals surface area contributed by atoms with E-state index in [-0.39, 0.29) is 10.9 Å². The molecule has 1 atom stereocenters. The van der Waals surface area contributed by atoms with Gasteiger partial charge in [0, 0.05) is 28.9 Å². The molecule has 1 aromatic rings. The molecule has 4 nitrogen and oxygen atoms in total. The van der Waals surface area contributed by atoms with Crippen molar-refractivity contribution in [2.75, 3.05) is 23.8 Å². The first-order valence-corrected chi connectivity index (χ1v) is 7.10. The maximum absolute atomic E-state index is 11.7. The molecule has 1 aromatic carbocycles. The third-order valence-electron chi connectivity index (χ3n) is 2.21. The van der Waals surface area contributed by atoms with Gasteiger partial charge in [0.2, 0.25) is 0 Å². The van der Waals surface area contributed by atoms with Crippen LogP contribution < -0.4 is 11.1 Å². The van der Waals surface area contributed by atoms with Crippen LogP contribution in [-0.2, 0) is 10.8 Å². The van der Waals surface area contributed by atoms with Crippen molar-refractivity contribution in [3.63, 3.8) is 0 Å². The second kappa shape index (κ2) is 6.61. The van der Waals surface area contributed by atoms with E-state index in [1.807, 2.05) is 6.92 Å². The lowest BCUT2D eigenvalue weighted by atomic mass is 10.2. The minimum atomic E-state index is -0.882. The molecule has 0 aliphatic carbocycles. The van der Waals surface area contributed by atoms with Crippen LogP contribution in [0.3, 0.4) is 0 Å². The van der Waals surface area contributed by atoms with Crippen molar-refractivity contribution in [1.29, 1.82) is 0 Å². The number of carbonyl (C=O) groups excluding carboxylic acids is 1. The molecule has 0 aliphatic heterocycles. The Labute approximate surface area is 108 Å². The Kier molecular flexibility index (Phi) is 5.44. The molecule has 1 rings (SSSR count). The number of amides is 1. The molecule has 0 bridgehead atoms. The molecule has 0 aliphatic rings. The first-order chi connectivity index (χ1) is 8.06. The average molecular weight is 275 g/mol. The first-order valence-electron chi connectivity index (χ1n) is 5.23. The Morgan fingerprint density at radius 3 is 2.88 bits per heavy atom. The van der Waals surface area contributed by atoms with Crippen molar-refractivity contribution in [2.24, 2.45) is 0 Å². The van der Waals surface area contributed by atoms with E-state index < -0.39 is 10.8 Å². The molecule has 0 radical (unpaired) electrons. The zero-order valence-corrected chi connectivity index (χ0v) is 11.1. The minimum absolute atomic E-state index is 0.251. The number of carbonyl (C=O) groups is 1. The van der Waals surface area contributed by atoms with Gasteiger partial charge in [0.25, 0.3) is 5.91 Å². The van der Waals surface area contributed by atoms with Crippen molar-refractivity contribution >= 4 is 34.0 Å². The largest absolute Gasteiger partial charge is 0.398 e. The second-order valence-electron chi connectivity index (χ2n) is 3.40. The Morgan fingerprint density at radius 1 is 1.53 bits per heavy atom. The van der Waals surface area contributed by atoms with Crippen LogP contribution in [0.15, 0.2) is 18.2 Å². The topological polar surface area (TPSA) is 72.2 Å². The van der Waals surface area contributed by atoms with Gasteiger partial charge in [-0.1, -0.05) is 24.6 Å². The van der Waals surface area contributed by atoms with E-state index in [1.54, 1.807) is 18.2 Å². The SMILES string of the molecule is CCS(=O)CCNC(=O)c1cccc(N)c1Cl. The summed E-state index contributed by atoms with van der Waals surface area (Å²) in [6.07, 6.45) is 0. The van der Waals surface area contributed by atoms with Crippen LogP contribution in [0.4, 0.5) is 5.69 Å². The Hall–Kier alpha value is -1.07. The highest BCUT2D eigenvalue weighted by molar-refractivity contribution is 7.84. The quantitative estimate of drug-likeness (QED) is 0.798. The number of anilines is 1.